The van der Waals surface area contributed by atoms with Crippen LogP contribution in [-0.2, 0) is 9.53 Å². The smallest absolute Gasteiger partial charge is 0.314 e. The van der Waals surface area contributed by atoms with E-state index in [1.165, 1.54) is 0 Å². The van der Waals surface area contributed by atoms with Gasteiger partial charge >= 0.3 is 12.0 Å². The van der Waals surface area contributed by atoms with Gasteiger partial charge in [-0.2, -0.15) is 0 Å². The molecule has 0 aromatic rings. The number of urea groups is 1. The average molecular weight is 274 g/mol. The van der Waals surface area contributed by atoms with Gasteiger partial charge in [-0.25, -0.2) is 4.79 Å². The lowest BCUT2D eigenvalue weighted by molar-refractivity contribution is -0.137. The summed E-state index contributed by atoms with van der Waals surface area (Å²) in [5, 5.41) is 14.1. The topological polar surface area (TPSA) is 87.7 Å². The quantitative estimate of drug-likeness (QED) is 0.501. The minimum Gasteiger partial charge on any atom is -0.481 e. The maximum absolute atomic E-state index is 11.5. The fourth-order valence-electron chi connectivity index (χ4n) is 1.66. The number of carbonyl (C=O) groups is 2. The van der Waals surface area contributed by atoms with E-state index in [1.807, 2.05) is 6.92 Å². The predicted octanol–water partition coefficient (Wildman–Crippen LogP) is 1.75. The number of carbonyl (C=O) groups excluding carboxylic acids is 1. The zero-order valence-corrected chi connectivity index (χ0v) is 11.9. The Kier molecular flexibility index (Phi) is 11.0. The van der Waals surface area contributed by atoms with Crippen LogP contribution in [0.25, 0.3) is 0 Å². The van der Waals surface area contributed by atoms with E-state index in [1.54, 1.807) is 7.11 Å². The second-order valence-corrected chi connectivity index (χ2v) is 4.64. The summed E-state index contributed by atoms with van der Waals surface area (Å²) in [5.74, 6) is -0.798. The summed E-state index contributed by atoms with van der Waals surface area (Å²) in [6, 6.07) is -0.192. The second-order valence-electron chi connectivity index (χ2n) is 4.64. The molecule has 0 aromatic carbocycles. The number of aliphatic carboxylic acids is 1. The fraction of sp³-hybridized carbons (Fsp3) is 0.846. The molecule has 0 saturated heterocycles. The Hall–Kier alpha value is -1.30. The summed E-state index contributed by atoms with van der Waals surface area (Å²) < 4.78 is 4.93. The molecule has 0 saturated carbocycles. The van der Waals surface area contributed by atoms with Crippen LogP contribution in [0.2, 0.25) is 0 Å². The number of ether oxygens (including phenoxy) is 1. The highest BCUT2D eigenvalue weighted by atomic mass is 16.5. The van der Waals surface area contributed by atoms with Gasteiger partial charge in [-0.3, -0.25) is 4.79 Å². The zero-order chi connectivity index (χ0) is 14.5. The SMILES string of the molecule is COCCCCCNC(=O)NC(C)CCCC(=O)O. The fourth-order valence-corrected chi connectivity index (χ4v) is 1.66. The minimum absolute atomic E-state index is 0.00663. The summed E-state index contributed by atoms with van der Waals surface area (Å²) in [6.07, 6.45) is 4.37. The van der Waals surface area contributed by atoms with Crippen molar-refractivity contribution in [1.29, 1.82) is 0 Å². The largest absolute Gasteiger partial charge is 0.481 e. The summed E-state index contributed by atoms with van der Waals surface area (Å²) in [5.41, 5.74) is 0. The minimum atomic E-state index is -0.798. The predicted molar refractivity (Wildman–Crippen MR) is 73.2 cm³/mol. The molecule has 0 aliphatic rings. The lowest BCUT2D eigenvalue weighted by Crippen LogP contribution is -2.41. The van der Waals surface area contributed by atoms with Crippen LogP contribution in [-0.4, -0.2) is 43.4 Å². The number of rotatable bonds is 11. The molecule has 2 amide bonds. The van der Waals surface area contributed by atoms with E-state index in [9.17, 15) is 9.59 Å². The third kappa shape index (κ3) is 12.9. The Labute approximate surface area is 114 Å². The van der Waals surface area contributed by atoms with Gasteiger partial charge in [0.15, 0.2) is 0 Å². The van der Waals surface area contributed by atoms with Crippen LogP contribution in [0, 0.1) is 0 Å². The molecule has 0 aromatic heterocycles. The molecule has 6 nitrogen and oxygen atoms in total. The van der Waals surface area contributed by atoms with Gasteiger partial charge in [0, 0.05) is 32.7 Å². The van der Waals surface area contributed by atoms with E-state index in [4.69, 9.17) is 9.84 Å². The summed E-state index contributed by atoms with van der Waals surface area (Å²) in [7, 11) is 1.68. The van der Waals surface area contributed by atoms with Crippen molar-refractivity contribution in [3.05, 3.63) is 0 Å². The highest BCUT2D eigenvalue weighted by molar-refractivity contribution is 5.74. The van der Waals surface area contributed by atoms with Gasteiger partial charge in [-0.05, 0) is 39.0 Å². The molecule has 0 bridgehead atoms. The first-order valence-corrected chi connectivity index (χ1v) is 6.81. The van der Waals surface area contributed by atoms with Gasteiger partial charge in [0.05, 0.1) is 0 Å². The van der Waals surface area contributed by atoms with Crippen LogP contribution in [0.15, 0.2) is 0 Å². The van der Waals surface area contributed by atoms with Crippen molar-refractivity contribution >= 4 is 12.0 Å². The Morgan fingerprint density at radius 3 is 2.58 bits per heavy atom. The molecule has 6 heteroatoms. The van der Waals surface area contributed by atoms with Crippen LogP contribution in [0.5, 0.6) is 0 Å². The monoisotopic (exact) mass is 274 g/mol. The maximum Gasteiger partial charge on any atom is 0.314 e. The van der Waals surface area contributed by atoms with Crippen LogP contribution < -0.4 is 10.6 Å². The molecular formula is C13H26N2O4. The van der Waals surface area contributed by atoms with Crippen LogP contribution in [0.3, 0.4) is 0 Å². The molecular weight excluding hydrogens is 248 g/mol. The standard InChI is InChI=1S/C13H26N2O4/c1-11(7-6-8-12(16)17)15-13(18)14-9-4-3-5-10-19-2/h11H,3-10H2,1-2H3,(H,16,17)(H2,14,15,18). The summed E-state index contributed by atoms with van der Waals surface area (Å²) in [6.45, 7) is 3.28. The molecule has 0 aliphatic carbocycles. The van der Waals surface area contributed by atoms with Gasteiger partial charge in [-0.1, -0.05) is 0 Å². The van der Waals surface area contributed by atoms with Crippen LogP contribution in [0.1, 0.15) is 45.4 Å². The van der Waals surface area contributed by atoms with Crippen molar-refractivity contribution < 1.29 is 19.4 Å². The van der Waals surface area contributed by atoms with Crippen molar-refractivity contribution in [2.75, 3.05) is 20.3 Å². The highest BCUT2D eigenvalue weighted by Crippen LogP contribution is 2.00. The maximum atomic E-state index is 11.5. The summed E-state index contributed by atoms with van der Waals surface area (Å²) >= 11 is 0. The molecule has 0 fully saturated rings. The summed E-state index contributed by atoms with van der Waals surface area (Å²) in [4.78, 5) is 21.8. The number of hydrogen-bond acceptors (Lipinski definition) is 3. The Morgan fingerprint density at radius 1 is 1.21 bits per heavy atom. The lowest BCUT2D eigenvalue weighted by atomic mass is 10.1. The number of hydrogen-bond donors (Lipinski definition) is 3. The molecule has 1 atom stereocenters. The molecule has 3 N–H and O–H groups in total. The van der Waals surface area contributed by atoms with Gasteiger partial charge in [0.25, 0.3) is 0 Å². The molecule has 0 radical (unpaired) electrons. The normalized spacial score (nSPS) is 11.9. The van der Waals surface area contributed by atoms with E-state index in [0.717, 1.165) is 25.9 Å². The number of amides is 2. The van der Waals surface area contributed by atoms with Gasteiger partial charge < -0.3 is 20.5 Å². The molecule has 0 heterocycles. The third-order valence-corrected chi connectivity index (χ3v) is 2.72. The van der Waals surface area contributed by atoms with E-state index in [2.05, 4.69) is 10.6 Å². The third-order valence-electron chi connectivity index (χ3n) is 2.72. The molecule has 112 valence electrons. The highest BCUT2D eigenvalue weighted by Gasteiger charge is 2.07. The van der Waals surface area contributed by atoms with Crippen molar-refractivity contribution in [1.82, 2.24) is 10.6 Å². The molecule has 0 rings (SSSR count). The van der Waals surface area contributed by atoms with Gasteiger partial charge in [0.2, 0.25) is 0 Å². The Bertz CT molecular complexity index is 259. The van der Waals surface area contributed by atoms with E-state index in [0.29, 0.717) is 19.4 Å². The van der Waals surface area contributed by atoms with Crippen molar-refractivity contribution in [3.63, 3.8) is 0 Å². The van der Waals surface area contributed by atoms with Crippen molar-refractivity contribution in [3.8, 4) is 0 Å². The average Bonchev–Trinajstić information content (AvgIpc) is 2.33. The zero-order valence-electron chi connectivity index (χ0n) is 11.9. The Balaban J connectivity index is 3.43. The van der Waals surface area contributed by atoms with Crippen LogP contribution in [0.4, 0.5) is 4.79 Å². The number of nitrogens with one attached hydrogen (secondary N) is 2. The van der Waals surface area contributed by atoms with Crippen molar-refractivity contribution in [2.45, 2.75) is 51.5 Å². The first kappa shape index (κ1) is 17.7. The lowest BCUT2D eigenvalue weighted by Gasteiger charge is -2.14. The van der Waals surface area contributed by atoms with E-state index >= 15 is 0 Å². The van der Waals surface area contributed by atoms with Gasteiger partial charge in [0.1, 0.15) is 0 Å². The van der Waals surface area contributed by atoms with E-state index < -0.39 is 5.97 Å². The first-order valence-electron chi connectivity index (χ1n) is 6.81. The second kappa shape index (κ2) is 11.8. The number of methoxy groups -OCH3 is 1. The number of unbranched alkanes of at least 4 members (excludes halogenated alkanes) is 2. The number of carboxylic acids is 1. The van der Waals surface area contributed by atoms with Crippen molar-refractivity contribution in [2.24, 2.45) is 0 Å². The molecule has 19 heavy (non-hydrogen) atoms. The molecule has 0 spiro atoms. The Morgan fingerprint density at radius 2 is 1.95 bits per heavy atom. The first-order chi connectivity index (χ1) is 9.06. The molecule has 1 unspecified atom stereocenters. The van der Waals surface area contributed by atoms with Gasteiger partial charge in [-0.15, -0.1) is 0 Å². The van der Waals surface area contributed by atoms with Crippen LogP contribution >= 0.6 is 0 Å². The number of carboxylic acid groups (broad SMARTS) is 1. The van der Waals surface area contributed by atoms with E-state index in [-0.39, 0.29) is 18.5 Å². The molecule has 0 aliphatic heterocycles.